The van der Waals surface area contributed by atoms with Gasteiger partial charge in [-0.05, 0) is 55.1 Å². The van der Waals surface area contributed by atoms with Gasteiger partial charge < -0.3 is 14.5 Å². The first-order valence-electron chi connectivity index (χ1n) is 10.2. The molecule has 0 atom stereocenters. The Morgan fingerprint density at radius 3 is 2.60 bits per heavy atom. The van der Waals surface area contributed by atoms with Crippen LogP contribution in [0.4, 0.5) is 11.5 Å². The zero-order valence-corrected chi connectivity index (χ0v) is 19.0. The van der Waals surface area contributed by atoms with E-state index in [4.69, 9.17) is 16.3 Å². The van der Waals surface area contributed by atoms with Crippen molar-refractivity contribution < 1.29 is 9.53 Å². The molecule has 0 aliphatic carbocycles. The fourth-order valence-electron chi connectivity index (χ4n) is 3.78. The van der Waals surface area contributed by atoms with E-state index in [1.54, 1.807) is 0 Å². The highest BCUT2D eigenvalue weighted by atomic mass is 35.5. The van der Waals surface area contributed by atoms with E-state index < -0.39 is 0 Å². The Morgan fingerprint density at radius 2 is 1.90 bits per heavy atom. The lowest BCUT2D eigenvalue weighted by Gasteiger charge is -2.37. The van der Waals surface area contributed by atoms with Crippen molar-refractivity contribution in [2.75, 3.05) is 42.6 Å². The maximum Gasteiger partial charge on any atom is 0.348 e. The molecule has 1 aliphatic heterocycles. The number of ether oxygens (including phenoxy) is 1. The quantitative estimate of drug-likeness (QED) is 0.414. The smallest absolute Gasteiger partial charge is 0.348 e. The van der Waals surface area contributed by atoms with Crippen molar-refractivity contribution in [1.29, 1.82) is 0 Å². The Kier molecular flexibility index (Phi) is 6.11. The zero-order valence-electron chi connectivity index (χ0n) is 17.4. The fraction of sp³-hybridized carbons (Fsp3) is 0.409. The Labute approximate surface area is 185 Å². The highest BCUT2D eigenvalue weighted by Gasteiger charge is 2.26. The summed E-state index contributed by atoms with van der Waals surface area (Å²) >= 11 is 7.57. The van der Waals surface area contributed by atoms with Crippen LogP contribution in [-0.2, 0) is 4.74 Å². The average molecular weight is 445 g/mol. The minimum Gasteiger partial charge on any atom is -0.462 e. The largest absolute Gasteiger partial charge is 0.462 e. The molecule has 6 nitrogen and oxygen atoms in total. The standard InChI is InChI=1S/C22H25ClN4O2S/c1-4-12-29-21(28)18-15(3)17-19(24-22(23)25-20(17)30-18)27-10-8-26(9-11-27)16-7-5-6-14(2)13-16/h5-7,13H,4,8-12H2,1-3H3. The van der Waals surface area contributed by atoms with Gasteiger partial charge in [0.15, 0.2) is 0 Å². The molecule has 0 N–H and O–H groups in total. The SMILES string of the molecule is CCCOC(=O)c1sc2nc(Cl)nc(N3CCN(c4cccc(C)c4)CC3)c2c1C. The highest BCUT2D eigenvalue weighted by Crippen LogP contribution is 2.37. The number of carbonyl (C=O) groups is 1. The number of esters is 1. The molecule has 2 aromatic heterocycles. The maximum atomic E-state index is 12.5. The zero-order chi connectivity index (χ0) is 21.3. The summed E-state index contributed by atoms with van der Waals surface area (Å²) < 4.78 is 5.35. The fourth-order valence-corrected chi connectivity index (χ4v) is 5.06. The number of nitrogens with zero attached hydrogens (tertiary/aromatic N) is 4. The summed E-state index contributed by atoms with van der Waals surface area (Å²) in [7, 11) is 0. The molecule has 1 fully saturated rings. The summed E-state index contributed by atoms with van der Waals surface area (Å²) in [6.07, 6.45) is 0.789. The molecule has 4 rings (SSSR count). The Morgan fingerprint density at radius 1 is 1.17 bits per heavy atom. The molecule has 0 amide bonds. The highest BCUT2D eigenvalue weighted by molar-refractivity contribution is 7.20. The van der Waals surface area contributed by atoms with E-state index in [0.29, 0.717) is 11.5 Å². The summed E-state index contributed by atoms with van der Waals surface area (Å²) in [5.74, 6) is 0.501. The van der Waals surface area contributed by atoms with Gasteiger partial charge in [0.05, 0.1) is 12.0 Å². The van der Waals surface area contributed by atoms with Crippen LogP contribution in [-0.4, -0.2) is 48.7 Å². The molecule has 1 saturated heterocycles. The van der Waals surface area contributed by atoms with E-state index in [-0.39, 0.29) is 11.3 Å². The van der Waals surface area contributed by atoms with E-state index in [0.717, 1.165) is 54.2 Å². The number of halogens is 1. The molecule has 8 heteroatoms. The van der Waals surface area contributed by atoms with E-state index in [9.17, 15) is 4.79 Å². The number of benzene rings is 1. The second kappa shape index (κ2) is 8.78. The molecule has 3 heterocycles. The van der Waals surface area contributed by atoms with E-state index in [1.165, 1.54) is 22.6 Å². The molecule has 0 radical (unpaired) electrons. The predicted molar refractivity (Wildman–Crippen MR) is 123 cm³/mol. The van der Waals surface area contributed by atoms with Crippen LogP contribution in [0.2, 0.25) is 5.28 Å². The topological polar surface area (TPSA) is 58.6 Å². The van der Waals surface area contributed by atoms with Crippen LogP contribution < -0.4 is 9.80 Å². The third kappa shape index (κ3) is 4.09. The molecule has 1 aromatic carbocycles. The number of aromatic nitrogens is 2. The van der Waals surface area contributed by atoms with Gasteiger partial charge in [-0.1, -0.05) is 19.1 Å². The molecule has 3 aromatic rings. The van der Waals surface area contributed by atoms with Crippen molar-refractivity contribution in [2.24, 2.45) is 0 Å². The number of piperazine rings is 1. The monoisotopic (exact) mass is 444 g/mol. The first kappa shape index (κ1) is 20.9. The molecule has 30 heavy (non-hydrogen) atoms. The Bertz CT molecular complexity index is 1080. The molecule has 158 valence electrons. The molecule has 0 saturated carbocycles. The summed E-state index contributed by atoms with van der Waals surface area (Å²) in [6.45, 7) is 9.86. The van der Waals surface area contributed by atoms with Gasteiger partial charge in [-0.3, -0.25) is 0 Å². The minimum atomic E-state index is -0.302. The van der Waals surface area contributed by atoms with Gasteiger partial charge in [-0.15, -0.1) is 11.3 Å². The number of hydrogen-bond donors (Lipinski definition) is 0. The van der Waals surface area contributed by atoms with Crippen molar-refractivity contribution in [1.82, 2.24) is 9.97 Å². The van der Waals surface area contributed by atoms with Crippen LogP contribution in [0.1, 0.15) is 34.1 Å². The third-order valence-corrected chi connectivity index (χ3v) is 6.65. The van der Waals surface area contributed by atoms with Gasteiger partial charge in [0.25, 0.3) is 0 Å². The third-order valence-electron chi connectivity index (χ3n) is 5.31. The molecule has 0 spiro atoms. The van der Waals surface area contributed by atoms with Gasteiger partial charge in [-0.2, -0.15) is 4.98 Å². The number of rotatable bonds is 5. The number of thiophene rings is 1. The average Bonchev–Trinajstić information content (AvgIpc) is 3.08. The first-order chi connectivity index (χ1) is 14.5. The van der Waals surface area contributed by atoms with Crippen LogP contribution in [0.15, 0.2) is 24.3 Å². The van der Waals surface area contributed by atoms with Crippen molar-refractivity contribution in [3.05, 3.63) is 45.6 Å². The summed E-state index contributed by atoms with van der Waals surface area (Å²) in [4.78, 5) is 27.3. The van der Waals surface area contributed by atoms with Crippen molar-refractivity contribution in [2.45, 2.75) is 27.2 Å². The normalized spacial score (nSPS) is 14.4. The molecule has 1 aliphatic rings. The Hall–Kier alpha value is -2.38. The van der Waals surface area contributed by atoms with Crippen molar-refractivity contribution in [3.8, 4) is 0 Å². The summed E-state index contributed by atoms with van der Waals surface area (Å²) in [5.41, 5.74) is 3.37. The van der Waals surface area contributed by atoms with Crippen LogP contribution in [0.5, 0.6) is 0 Å². The molecular weight excluding hydrogens is 420 g/mol. The number of aryl methyl sites for hydroxylation is 2. The van der Waals surface area contributed by atoms with Gasteiger partial charge in [0.2, 0.25) is 5.28 Å². The van der Waals surface area contributed by atoms with Crippen molar-refractivity contribution >= 4 is 50.6 Å². The van der Waals surface area contributed by atoms with Gasteiger partial charge >= 0.3 is 5.97 Å². The minimum absolute atomic E-state index is 0.202. The van der Waals surface area contributed by atoms with Crippen LogP contribution in [0.25, 0.3) is 10.2 Å². The first-order valence-corrected chi connectivity index (χ1v) is 11.4. The van der Waals surface area contributed by atoms with E-state index in [2.05, 4.69) is 51.0 Å². The lowest BCUT2D eigenvalue weighted by Crippen LogP contribution is -2.47. The Balaban J connectivity index is 1.61. The second-order valence-corrected chi connectivity index (χ2v) is 8.84. The summed E-state index contributed by atoms with van der Waals surface area (Å²) in [5, 5.41) is 1.10. The number of anilines is 2. The lowest BCUT2D eigenvalue weighted by atomic mass is 10.1. The van der Waals surface area contributed by atoms with E-state index in [1.807, 2.05) is 13.8 Å². The predicted octanol–water partition coefficient (Wildman–Crippen LogP) is 4.85. The lowest BCUT2D eigenvalue weighted by molar-refractivity contribution is 0.0510. The summed E-state index contributed by atoms with van der Waals surface area (Å²) in [6, 6.07) is 8.58. The van der Waals surface area contributed by atoms with Crippen LogP contribution in [0, 0.1) is 13.8 Å². The van der Waals surface area contributed by atoms with Crippen LogP contribution >= 0.6 is 22.9 Å². The van der Waals surface area contributed by atoms with Gasteiger partial charge in [0.1, 0.15) is 15.5 Å². The number of fused-ring (bicyclic) bond motifs is 1. The van der Waals surface area contributed by atoms with Gasteiger partial charge in [-0.25, -0.2) is 9.78 Å². The number of hydrogen-bond acceptors (Lipinski definition) is 7. The van der Waals surface area contributed by atoms with Gasteiger partial charge in [0, 0.05) is 31.9 Å². The molecular formula is C22H25ClN4O2S. The van der Waals surface area contributed by atoms with Crippen LogP contribution in [0.3, 0.4) is 0 Å². The van der Waals surface area contributed by atoms with E-state index >= 15 is 0 Å². The molecule has 0 unspecified atom stereocenters. The van der Waals surface area contributed by atoms with Crippen molar-refractivity contribution in [3.63, 3.8) is 0 Å². The maximum absolute atomic E-state index is 12.5. The molecule has 0 bridgehead atoms. The second-order valence-electron chi connectivity index (χ2n) is 7.50. The number of carbonyl (C=O) groups excluding carboxylic acids is 1.